The predicted molar refractivity (Wildman–Crippen MR) is 111 cm³/mol. The number of para-hydroxylation sites is 1. The minimum atomic E-state index is -0.466. The summed E-state index contributed by atoms with van der Waals surface area (Å²) in [5, 5.41) is 18.1. The zero-order valence-electron chi connectivity index (χ0n) is 16.4. The Morgan fingerprint density at radius 1 is 1.00 bits per heavy atom. The first-order valence-corrected chi connectivity index (χ1v) is 9.40. The number of rotatable bonds is 4. The van der Waals surface area contributed by atoms with Crippen LogP contribution in [0.5, 0.6) is 5.75 Å². The van der Waals surface area contributed by atoms with Crippen LogP contribution in [-0.4, -0.2) is 64.5 Å². The largest absolute Gasteiger partial charge is 0.507 e. The van der Waals surface area contributed by atoms with Crippen molar-refractivity contribution in [2.45, 2.75) is 0 Å². The number of pyridine rings is 1. The van der Waals surface area contributed by atoms with E-state index >= 15 is 0 Å². The van der Waals surface area contributed by atoms with Gasteiger partial charge in [-0.3, -0.25) is 0 Å². The molecule has 1 aliphatic rings. The standard InChI is InChI=1S/C20H21N7O3/c1-30-20(29)14-6-4-8-16(22-14)26-9-11-27(12-10-26)19-17(21)24-25-18(23-19)13-5-2-3-7-15(13)28/h2-8,28H,9-12H2,1H3,(H2,21,24). The van der Waals surface area contributed by atoms with Crippen molar-refractivity contribution in [1.82, 2.24) is 20.2 Å². The fourth-order valence-corrected chi connectivity index (χ4v) is 3.30. The molecule has 10 heteroatoms. The van der Waals surface area contributed by atoms with Gasteiger partial charge in [0.05, 0.1) is 12.7 Å². The Hall–Kier alpha value is -3.95. The van der Waals surface area contributed by atoms with E-state index in [1.54, 1.807) is 36.4 Å². The van der Waals surface area contributed by atoms with Crippen LogP contribution in [0.3, 0.4) is 0 Å². The van der Waals surface area contributed by atoms with Crippen molar-refractivity contribution in [2.75, 3.05) is 48.8 Å². The van der Waals surface area contributed by atoms with Crippen molar-refractivity contribution >= 4 is 23.4 Å². The first-order chi connectivity index (χ1) is 14.6. The van der Waals surface area contributed by atoms with Crippen molar-refractivity contribution in [3.8, 4) is 17.1 Å². The molecular weight excluding hydrogens is 386 g/mol. The van der Waals surface area contributed by atoms with E-state index in [2.05, 4.69) is 25.1 Å². The first-order valence-electron chi connectivity index (χ1n) is 9.40. The maximum atomic E-state index is 11.7. The lowest BCUT2D eigenvalue weighted by Gasteiger charge is -2.36. The van der Waals surface area contributed by atoms with Crippen LogP contribution in [0.4, 0.5) is 17.5 Å². The number of benzene rings is 1. The lowest BCUT2D eigenvalue weighted by molar-refractivity contribution is 0.0594. The molecule has 1 fully saturated rings. The number of ether oxygens (including phenoxy) is 1. The van der Waals surface area contributed by atoms with E-state index in [0.717, 1.165) is 0 Å². The average Bonchev–Trinajstić information content (AvgIpc) is 2.79. The Labute approximate surface area is 173 Å². The second-order valence-electron chi connectivity index (χ2n) is 6.71. The molecular formula is C20H21N7O3. The molecule has 3 heterocycles. The number of phenols is 1. The van der Waals surface area contributed by atoms with Crippen LogP contribution >= 0.6 is 0 Å². The van der Waals surface area contributed by atoms with Crippen molar-refractivity contribution in [2.24, 2.45) is 0 Å². The summed E-state index contributed by atoms with van der Waals surface area (Å²) >= 11 is 0. The number of anilines is 3. The smallest absolute Gasteiger partial charge is 0.356 e. The Kier molecular flexibility index (Phi) is 5.29. The number of carbonyl (C=O) groups excluding carboxylic acids is 1. The van der Waals surface area contributed by atoms with Crippen LogP contribution in [0.2, 0.25) is 0 Å². The van der Waals surface area contributed by atoms with E-state index in [-0.39, 0.29) is 17.3 Å². The second-order valence-corrected chi connectivity index (χ2v) is 6.71. The highest BCUT2D eigenvalue weighted by Crippen LogP contribution is 2.28. The van der Waals surface area contributed by atoms with E-state index in [9.17, 15) is 9.90 Å². The third kappa shape index (κ3) is 3.79. The number of hydrogen-bond acceptors (Lipinski definition) is 10. The van der Waals surface area contributed by atoms with Crippen LogP contribution in [0.15, 0.2) is 42.5 Å². The molecule has 3 aromatic rings. The summed E-state index contributed by atoms with van der Waals surface area (Å²) in [6.07, 6.45) is 0. The van der Waals surface area contributed by atoms with Crippen molar-refractivity contribution in [3.63, 3.8) is 0 Å². The van der Waals surface area contributed by atoms with Gasteiger partial charge in [-0.15, -0.1) is 10.2 Å². The van der Waals surface area contributed by atoms with Crippen molar-refractivity contribution in [1.29, 1.82) is 0 Å². The zero-order chi connectivity index (χ0) is 21.1. The van der Waals surface area contributed by atoms with Crippen molar-refractivity contribution in [3.05, 3.63) is 48.2 Å². The van der Waals surface area contributed by atoms with Crippen LogP contribution in [-0.2, 0) is 4.74 Å². The lowest BCUT2D eigenvalue weighted by atomic mass is 10.2. The molecule has 0 unspecified atom stereocenters. The summed E-state index contributed by atoms with van der Waals surface area (Å²) in [5.74, 6) is 1.39. The van der Waals surface area contributed by atoms with Gasteiger partial charge in [0.1, 0.15) is 11.6 Å². The molecule has 3 N–H and O–H groups in total. The Balaban J connectivity index is 1.51. The van der Waals surface area contributed by atoms with E-state index < -0.39 is 5.97 Å². The second kappa shape index (κ2) is 8.19. The fraction of sp³-hybridized carbons (Fsp3) is 0.250. The van der Waals surface area contributed by atoms with Gasteiger partial charge in [-0.2, -0.15) is 0 Å². The lowest BCUT2D eigenvalue weighted by Crippen LogP contribution is -2.47. The number of nitrogens with two attached hydrogens (primary N) is 1. The minimum absolute atomic E-state index is 0.0800. The molecule has 1 aliphatic heterocycles. The number of nitrogens with zero attached hydrogens (tertiary/aromatic N) is 6. The zero-order valence-corrected chi connectivity index (χ0v) is 16.4. The third-order valence-electron chi connectivity index (χ3n) is 4.87. The number of esters is 1. The van der Waals surface area contributed by atoms with Crippen LogP contribution in [0.25, 0.3) is 11.4 Å². The molecule has 4 rings (SSSR count). The number of methoxy groups -OCH3 is 1. The van der Waals surface area contributed by atoms with E-state index in [4.69, 9.17) is 10.5 Å². The monoisotopic (exact) mass is 407 g/mol. The molecule has 1 saturated heterocycles. The van der Waals surface area contributed by atoms with Gasteiger partial charge in [0.25, 0.3) is 0 Å². The van der Waals surface area contributed by atoms with Gasteiger partial charge in [0, 0.05) is 26.2 Å². The fourth-order valence-electron chi connectivity index (χ4n) is 3.30. The summed E-state index contributed by atoms with van der Waals surface area (Å²) in [5.41, 5.74) is 6.80. The molecule has 0 radical (unpaired) electrons. The quantitative estimate of drug-likeness (QED) is 0.611. The molecule has 154 valence electrons. The third-order valence-corrected chi connectivity index (χ3v) is 4.87. The van der Waals surface area contributed by atoms with Gasteiger partial charge in [0.2, 0.25) is 0 Å². The molecule has 10 nitrogen and oxygen atoms in total. The summed E-state index contributed by atoms with van der Waals surface area (Å²) < 4.78 is 4.74. The van der Waals surface area contributed by atoms with Gasteiger partial charge < -0.3 is 25.4 Å². The topological polar surface area (TPSA) is 131 Å². The van der Waals surface area contributed by atoms with Crippen LogP contribution in [0, 0.1) is 0 Å². The highest BCUT2D eigenvalue weighted by Gasteiger charge is 2.23. The van der Waals surface area contributed by atoms with E-state index in [0.29, 0.717) is 49.2 Å². The van der Waals surface area contributed by atoms with E-state index in [1.165, 1.54) is 7.11 Å². The molecule has 0 atom stereocenters. The van der Waals surface area contributed by atoms with Crippen LogP contribution in [0.1, 0.15) is 10.5 Å². The molecule has 30 heavy (non-hydrogen) atoms. The highest BCUT2D eigenvalue weighted by molar-refractivity contribution is 5.87. The average molecular weight is 407 g/mol. The van der Waals surface area contributed by atoms with Crippen molar-refractivity contribution < 1.29 is 14.6 Å². The maximum Gasteiger partial charge on any atom is 0.356 e. The van der Waals surface area contributed by atoms with Gasteiger partial charge in [-0.1, -0.05) is 18.2 Å². The molecule has 2 aromatic heterocycles. The number of aromatic nitrogens is 4. The molecule has 1 aromatic carbocycles. The minimum Gasteiger partial charge on any atom is -0.507 e. The summed E-state index contributed by atoms with van der Waals surface area (Å²) in [7, 11) is 1.33. The molecule has 0 bridgehead atoms. The molecule has 0 aliphatic carbocycles. The Morgan fingerprint density at radius 2 is 1.73 bits per heavy atom. The predicted octanol–water partition coefficient (Wildman–Crippen LogP) is 1.33. The Morgan fingerprint density at radius 3 is 2.47 bits per heavy atom. The summed E-state index contributed by atoms with van der Waals surface area (Å²) in [6.45, 7) is 2.58. The summed E-state index contributed by atoms with van der Waals surface area (Å²) in [6, 6.07) is 12.1. The highest BCUT2D eigenvalue weighted by atomic mass is 16.5. The van der Waals surface area contributed by atoms with Gasteiger partial charge in [0.15, 0.2) is 23.2 Å². The molecule has 0 spiro atoms. The maximum absolute atomic E-state index is 11.7. The van der Waals surface area contributed by atoms with E-state index in [1.807, 2.05) is 11.0 Å². The Bertz CT molecular complexity index is 1070. The summed E-state index contributed by atoms with van der Waals surface area (Å²) in [4.78, 5) is 24.8. The number of nitrogen functional groups attached to an aromatic ring is 1. The number of aromatic hydroxyl groups is 1. The number of piperazine rings is 1. The van der Waals surface area contributed by atoms with Gasteiger partial charge in [-0.25, -0.2) is 14.8 Å². The van der Waals surface area contributed by atoms with Crippen LogP contribution < -0.4 is 15.5 Å². The molecule has 0 saturated carbocycles. The molecule has 0 amide bonds. The number of hydrogen-bond donors (Lipinski definition) is 2. The SMILES string of the molecule is COC(=O)c1cccc(N2CCN(c3nc(-c4ccccc4O)nnc3N)CC2)n1. The normalized spacial score (nSPS) is 13.9. The van der Waals surface area contributed by atoms with Gasteiger partial charge in [-0.05, 0) is 24.3 Å². The number of carbonyl (C=O) groups is 1. The number of phenolic OH excluding ortho intramolecular Hbond substituents is 1. The van der Waals surface area contributed by atoms with Gasteiger partial charge >= 0.3 is 5.97 Å². The first kappa shape index (κ1) is 19.4.